The lowest BCUT2D eigenvalue weighted by atomic mass is 10.0. The fraction of sp³-hybridized carbons (Fsp3) is 0.421. The van der Waals surface area contributed by atoms with Crippen LogP contribution in [-0.2, 0) is 27.1 Å². The Morgan fingerprint density at radius 1 is 1.22 bits per heavy atom. The van der Waals surface area contributed by atoms with E-state index in [1.165, 1.54) is 24.5 Å². The first-order valence-corrected chi connectivity index (χ1v) is 11.2. The molecule has 0 spiro atoms. The van der Waals surface area contributed by atoms with E-state index in [1.807, 2.05) is 0 Å². The molecule has 1 aliphatic heterocycles. The zero-order valence-electron chi connectivity index (χ0n) is 16.6. The number of halogens is 3. The Balaban J connectivity index is 1.54. The summed E-state index contributed by atoms with van der Waals surface area (Å²) in [5, 5.41) is 18.2. The SMILES string of the molecule is NS(=O)(=O)OC[C@@H]1C[C@@H](Nc2ncnc3c2N=C(c2ccccc2C(F)(F)F)C3)C[C@@H]1O. The monoisotopic (exact) mass is 471 g/mol. The van der Waals surface area contributed by atoms with Crippen LogP contribution in [0.25, 0.3) is 0 Å². The predicted molar refractivity (Wildman–Crippen MR) is 109 cm³/mol. The molecule has 4 N–H and O–H groups in total. The topological polar surface area (TPSA) is 140 Å². The highest BCUT2D eigenvalue weighted by Gasteiger charge is 2.37. The van der Waals surface area contributed by atoms with Crippen LogP contribution >= 0.6 is 0 Å². The van der Waals surface area contributed by atoms with E-state index in [4.69, 9.17) is 5.14 Å². The minimum atomic E-state index is -4.52. The average Bonchev–Trinajstić information content (AvgIpc) is 3.29. The number of aliphatic hydroxyl groups is 1. The van der Waals surface area contributed by atoms with Gasteiger partial charge >= 0.3 is 16.5 Å². The summed E-state index contributed by atoms with van der Waals surface area (Å²) < 4.78 is 66.8. The number of benzene rings is 1. The number of hydrogen-bond acceptors (Lipinski definition) is 8. The van der Waals surface area contributed by atoms with E-state index in [0.29, 0.717) is 30.0 Å². The Labute approximate surface area is 181 Å². The summed E-state index contributed by atoms with van der Waals surface area (Å²) in [6.07, 6.45) is -3.25. The summed E-state index contributed by atoms with van der Waals surface area (Å²) in [6, 6.07) is 4.94. The summed E-state index contributed by atoms with van der Waals surface area (Å²) in [5.41, 5.74) is 0.286. The van der Waals surface area contributed by atoms with Gasteiger partial charge in [-0.2, -0.15) is 21.6 Å². The molecule has 1 aliphatic carbocycles. The fourth-order valence-corrected chi connectivity index (χ4v) is 4.38. The van der Waals surface area contributed by atoms with Gasteiger partial charge in [-0.1, -0.05) is 18.2 Å². The van der Waals surface area contributed by atoms with Crippen molar-refractivity contribution >= 4 is 27.5 Å². The normalized spacial score (nSPS) is 23.2. The lowest BCUT2D eigenvalue weighted by Crippen LogP contribution is -2.24. The molecule has 0 radical (unpaired) electrons. The first kappa shape index (κ1) is 22.6. The lowest BCUT2D eigenvalue weighted by Gasteiger charge is -2.15. The van der Waals surface area contributed by atoms with E-state index in [0.717, 1.165) is 6.07 Å². The van der Waals surface area contributed by atoms with Gasteiger partial charge in [0.25, 0.3) is 0 Å². The number of nitrogens with zero attached hydrogens (tertiary/aromatic N) is 3. The minimum absolute atomic E-state index is 0.0135. The van der Waals surface area contributed by atoms with Crippen molar-refractivity contribution in [2.24, 2.45) is 16.0 Å². The van der Waals surface area contributed by atoms with Crippen LogP contribution in [0.3, 0.4) is 0 Å². The van der Waals surface area contributed by atoms with Crippen LogP contribution in [0.15, 0.2) is 35.6 Å². The third kappa shape index (κ3) is 4.90. The van der Waals surface area contributed by atoms with Crippen molar-refractivity contribution in [1.29, 1.82) is 0 Å². The van der Waals surface area contributed by atoms with E-state index in [-0.39, 0.29) is 30.3 Å². The molecule has 13 heteroatoms. The largest absolute Gasteiger partial charge is 0.417 e. The molecular weight excluding hydrogens is 451 g/mol. The number of aromatic nitrogens is 2. The van der Waals surface area contributed by atoms with Gasteiger partial charge in [0.05, 0.1) is 29.7 Å². The van der Waals surface area contributed by atoms with Crippen molar-refractivity contribution in [3.63, 3.8) is 0 Å². The first-order valence-electron chi connectivity index (χ1n) is 9.71. The van der Waals surface area contributed by atoms with Gasteiger partial charge in [-0.15, -0.1) is 0 Å². The molecule has 0 amide bonds. The van der Waals surface area contributed by atoms with Gasteiger partial charge in [-0.25, -0.2) is 20.1 Å². The number of alkyl halides is 3. The molecule has 1 saturated carbocycles. The highest BCUT2D eigenvalue weighted by atomic mass is 32.2. The van der Waals surface area contributed by atoms with Gasteiger partial charge in [0, 0.05) is 23.9 Å². The summed E-state index contributed by atoms with van der Waals surface area (Å²) in [4.78, 5) is 12.7. The molecule has 2 aromatic rings. The highest BCUT2D eigenvalue weighted by Crippen LogP contribution is 2.38. The molecule has 2 heterocycles. The summed E-state index contributed by atoms with van der Waals surface area (Å²) in [5.74, 6) is -0.127. The molecule has 1 fully saturated rings. The van der Waals surface area contributed by atoms with Crippen molar-refractivity contribution in [1.82, 2.24) is 9.97 Å². The van der Waals surface area contributed by atoms with E-state index in [9.17, 15) is 26.7 Å². The second-order valence-corrected chi connectivity index (χ2v) is 8.93. The van der Waals surface area contributed by atoms with Crippen molar-refractivity contribution < 1.29 is 30.9 Å². The van der Waals surface area contributed by atoms with Crippen molar-refractivity contribution in [2.45, 2.75) is 37.6 Å². The fourth-order valence-electron chi connectivity index (χ4n) is 4.01. The van der Waals surface area contributed by atoms with E-state index < -0.39 is 34.1 Å². The van der Waals surface area contributed by atoms with Gasteiger partial charge in [0.2, 0.25) is 0 Å². The second-order valence-electron chi connectivity index (χ2n) is 7.71. The Morgan fingerprint density at radius 2 is 1.97 bits per heavy atom. The summed E-state index contributed by atoms with van der Waals surface area (Å²) >= 11 is 0. The summed E-state index contributed by atoms with van der Waals surface area (Å²) in [6.45, 7) is -0.253. The van der Waals surface area contributed by atoms with Crippen molar-refractivity contribution in [3.8, 4) is 0 Å². The number of aliphatic imine (C=N–C) groups is 1. The Hall–Kier alpha value is -2.61. The van der Waals surface area contributed by atoms with Crippen LogP contribution in [0.4, 0.5) is 24.7 Å². The van der Waals surface area contributed by atoms with E-state index >= 15 is 0 Å². The molecule has 0 saturated heterocycles. The molecule has 9 nitrogen and oxygen atoms in total. The number of hydrogen-bond donors (Lipinski definition) is 3. The zero-order valence-corrected chi connectivity index (χ0v) is 17.4. The maximum Gasteiger partial charge on any atom is 0.417 e. The average molecular weight is 471 g/mol. The smallest absolute Gasteiger partial charge is 0.393 e. The molecule has 0 unspecified atom stereocenters. The third-order valence-electron chi connectivity index (χ3n) is 5.47. The van der Waals surface area contributed by atoms with E-state index in [2.05, 4.69) is 24.5 Å². The molecule has 0 bridgehead atoms. The van der Waals surface area contributed by atoms with Crippen LogP contribution < -0.4 is 10.5 Å². The molecule has 1 aromatic carbocycles. The predicted octanol–water partition coefficient (Wildman–Crippen LogP) is 1.94. The van der Waals surface area contributed by atoms with Gasteiger partial charge in [-0.05, 0) is 18.9 Å². The Kier molecular flexibility index (Phi) is 5.92. The molecule has 2 aliphatic rings. The van der Waals surface area contributed by atoms with Gasteiger partial charge in [0.15, 0.2) is 5.82 Å². The number of rotatable bonds is 6. The van der Waals surface area contributed by atoms with Crippen molar-refractivity contribution in [3.05, 3.63) is 47.4 Å². The number of fused-ring (bicyclic) bond motifs is 1. The number of anilines is 1. The Bertz CT molecular complexity index is 1160. The zero-order chi connectivity index (χ0) is 23.1. The van der Waals surface area contributed by atoms with Crippen LogP contribution in [0, 0.1) is 5.92 Å². The minimum Gasteiger partial charge on any atom is -0.393 e. The maximum absolute atomic E-state index is 13.4. The van der Waals surface area contributed by atoms with Crippen LogP contribution in [0.5, 0.6) is 0 Å². The molecule has 4 rings (SSSR count). The van der Waals surface area contributed by atoms with Crippen LogP contribution in [0.2, 0.25) is 0 Å². The quantitative estimate of drug-likeness (QED) is 0.585. The van der Waals surface area contributed by atoms with Crippen LogP contribution in [0.1, 0.15) is 29.7 Å². The van der Waals surface area contributed by atoms with Gasteiger partial charge in [0.1, 0.15) is 12.0 Å². The first-order chi connectivity index (χ1) is 15.0. The van der Waals surface area contributed by atoms with Gasteiger partial charge in [-0.3, -0.25) is 4.18 Å². The lowest BCUT2D eigenvalue weighted by molar-refractivity contribution is -0.137. The standard InChI is InChI=1S/C19H20F3N5O4S/c20-19(21,22)13-4-2-1-3-12(13)14-7-15-17(27-14)18(25-9-24-15)26-11-5-10(16(28)6-11)8-31-32(23,29)30/h1-4,9-11,16,28H,5-8H2,(H2,23,29,30)(H,24,25,26)/t10-,11+,16-/m0/s1. The van der Waals surface area contributed by atoms with E-state index in [1.54, 1.807) is 0 Å². The molecule has 3 atom stereocenters. The molecule has 32 heavy (non-hydrogen) atoms. The van der Waals surface area contributed by atoms with Crippen LogP contribution in [-0.4, -0.2) is 48.0 Å². The molecule has 1 aromatic heterocycles. The Morgan fingerprint density at radius 3 is 2.69 bits per heavy atom. The van der Waals surface area contributed by atoms with Gasteiger partial charge < -0.3 is 10.4 Å². The number of nitrogens with two attached hydrogens (primary N) is 1. The maximum atomic E-state index is 13.4. The second kappa shape index (κ2) is 8.39. The number of nitrogens with one attached hydrogen (secondary N) is 1. The third-order valence-corrected chi connectivity index (χ3v) is 5.93. The summed E-state index contributed by atoms with van der Waals surface area (Å²) in [7, 11) is -4.12. The highest BCUT2D eigenvalue weighted by molar-refractivity contribution is 7.84. The van der Waals surface area contributed by atoms with Crippen molar-refractivity contribution in [2.75, 3.05) is 11.9 Å². The molecule has 172 valence electrons. The molecular formula is C19H20F3N5O4S. The number of aliphatic hydroxyl groups excluding tert-OH is 1.